The summed E-state index contributed by atoms with van der Waals surface area (Å²) in [4.78, 5) is 12.2. The molecule has 0 aliphatic heterocycles. The second-order valence-corrected chi connectivity index (χ2v) is 5.79. The summed E-state index contributed by atoms with van der Waals surface area (Å²) in [6.45, 7) is 0.597. The summed E-state index contributed by atoms with van der Waals surface area (Å²) in [5.74, 6) is -0.261. The van der Waals surface area contributed by atoms with E-state index in [-0.39, 0.29) is 11.2 Å². The molecule has 0 heterocycles. The van der Waals surface area contributed by atoms with Gasteiger partial charge in [-0.15, -0.1) is 0 Å². The highest BCUT2D eigenvalue weighted by Crippen LogP contribution is 2.27. The summed E-state index contributed by atoms with van der Waals surface area (Å²) in [5, 5.41) is 0.234. The molecule has 94 valence electrons. The standard InChI is InChI=1S/C12H15Cl2NOS/c1-15(12(16)11(13)14)8-10(17-2)9-6-4-3-5-7-9/h3-7,10-11H,8H2,1-2H3. The first-order chi connectivity index (χ1) is 8.06. The molecule has 0 radical (unpaired) electrons. The van der Waals surface area contributed by atoms with E-state index < -0.39 is 4.84 Å². The number of amides is 1. The van der Waals surface area contributed by atoms with Crippen molar-refractivity contribution in [3.63, 3.8) is 0 Å². The van der Waals surface area contributed by atoms with Crippen LogP contribution in [0.25, 0.3) is 0 Å². The third-order valence-corrected chi connectivity index (χ3v) is 3.82. The van der Waals surface area contributed by atoms with E-state index in [1.165, 1.54) is 5.56 Å². The van der Waals surface area contributed by atoms with Gasteiger partial charge in [-0.2, -0.15) is 11.8 Å². The van der Waals surface area contributed by atoms with E-state index in [1.54, 1.807) is 23.7 Å². The predicted molar refractivity (Wildman–Crippen MR) is 75.8 cm³/mol. The number of halogens is 2. The number of carbonyl (C=O) groups excluding carboxylic acids is 1. The maximum absolute atomic E-state index is 11.6. The Kier molecular flexibility index (Phi) is 6.17. The van der Waals surface area contributed by atoms with Crippen LogP contribution in [0.15, 0.2) is 30.3 Å². The Morgan fingerprint density at radius 3 is 2.41 bits per heavy atom. The van der Waals surface area contributed by atoms with Crippen LogP contribution in [0.4, 0.5) is 0 Å². The Morgan fingerprint density at radius 1 is 1.35 bits per heavy atom. The molecule has 2 nitrogen and oxygen atoms in total. The molecule has 0 bridgehead atoms. The van der Waals surface area contributed by atoms with Gasteiger partial charge < -0.3 is 4.90 Å². The third kappa shape index (κ3) is 4.41. The van der Waals surface area contributed by atoms with Crippen molar-refractivity contribution in [2.75, 3.05) is 19.8 Å². The van der Waals surface area contributed by atoms with Crippen molar-refractivity contribution in [3.05, 3.63) is 35.9 Å². The quantitative estimate of drug-likeness (QED) is 0.776. The molecule has 0 N–H and O–H groups in total. The molecule has 1 atom stereocenters. The van der Waals surface area contributed by atoms with Crippen LogP contribution < -0.4 is 0 Å². The molecule has 0 aromatic heterocycles. The highest BCUT2D eigenvalue weighted by molar-refractivity contribution is 7.98. The molecule has 1 amide bonds. The molecule has 0 saturated heterocycles. The van der Waals surface area contributed by atoms with Crippen molar-refractivity contribution in [3.8, 4) is 0 Å². The number of likely N-dealkylation sites (N-methyl/N-ethyl adjacent to an activating group) is 1. The lowest BCUT2D eigenvalue weighted by Crippen LogP contribution is -2.34. The van der Waals surface area contributed by atoms with Crippen molar-refractivity contribution in [1.29, 1.82) is 0 Å². The average Bonchev–Trinajstić information content (AvgIpc) is 2.35. The van der Waals surface area contributed by atoms with Gasteiger partial charge in [0.1, 0.15) is 0 Å². The van der Waals surface area contributed by atoms with Crippen molar-refractivity contribution in [2.24, 2.45) is 0 Å². The number of hydrogen-bond donors (Lipinski definition) is 0. The normalized spacial score (nSPS) is 12.5. The summed E-state index contributed by atoms with van der Waals surface area (Å²) in [6.07, 6.45) is 2.02. The molecule has 0 fully saturated rings. The van der Waals surface area contributed by atoms with Gasteiger partial charge in [0.25, 0.3) is 5.91 Å². The van der Waals surface area contributed by atoms with Crippen LogP contribution in [-0.4, -0.2) is 35.5 Å². The number of nitrogens with zero attached hydrogens (tertiary/aromatic N) is 1. The minimum absolute atomic E-state index is 0.234. The van der Waals surface area contributed by atoms with Gasteiger partial charge in [0.15, 0.2) is 4.84 Å². The average molecular weight is 292 g/mol. The van der Waals surface area contributed by atoms with Crippen LogP contribution in [0.1, 0.15) is 10.8 Å². The van der Waals surface area contributed by atoms with E-state index in [2.05, 4.69) is 12.1 Å². The topological polar surface area (TPSA) is 20.3 Å². The Bertz CT molecular complexity index is 359. The van der Waals surface area contributed by atoms with Crippen LogP contribution in [0.5, 0.6) is 0 Å². The van der Waals surface area contributed by atoms with Gasteiger partial charge in [0, 0.05) is 18.8 Å². The van der Waals surface area contributed by atoms with Crippen LogP contribution in [0, 0.1) is 0 Å². The minimum atomic E-state index is -0.988. The first-order valence-corrected chi connectivity index (χ1v) is 7.33. The van der Waals surface area contributed by atoms with E-state index >= 15 is 0 Å². The number of benzene rings is 1. The zero-order chi connectivity index (χ0) is 12.8. The van der Waals surface area contributed by atoms with Gasteiger partial charge in [0.05, 0.1) is 0 Å². The summed E-state index contributed by atoms with van der Waals surface area (Å²) in [6, 6.07) is 10.1. The molecule has 1 aromatic carbocycles. The van der Waals surface area contributed by atoms with Crippen molar-refractivity contribution in [1.82, 2.24) is 4.90 Å². The maximum atomic E-state index is 11.6. The van der Waals surface area contributed by atoms with Crippen LogP contribution >= 0.6 is 35.0 Å². The van der Waals surface area contributed by atoms with Gasteiger partial charge in [-0.3, -0.25) is 4.79 Å². The number of alkyl halides is 2. The van der Waals surface area contributed by atoms with Gasteiger partial charge >= 0.3 is 0 Å². The molecule has 0 spiro atoms. The van der Waals surface area contributed by atoms with Gasteiger partial charge in [-0.05, 0) is 11.8 Å². The minimum Gasteiger partial charge on any atom is -0.342 e. The molecule has 17 heavy (non-hydrogen) atoms. The van der Waals surface area contributed by atoms with E-state index in [0.717, 1.165) is 0 Å². The highest BCUT2D eigenvalue weighted by Gasteiger charge is 2.20. The first kappa shape index (κ1) is 14.7. The predicted octanol–water partition coefficient (Wildman–Crippen LogP) is 3.35. The van der Waals surface area contributed by atoms with E-state index in [4.69, 9.17) is 23.2 Å². The molecule has 1 unspecified atom stereocenters. The van der Waals surface area contributed by atoms with E-state index in [1.807, 2.05) is 24.5 Å². The molecule has 0 aliphatic carbocycles. The molecular formula is C12H15Cl2NOS. The van der Waals surface area contributed by atoms with Crippen LogP contribution in [-0.2, 0) is 4.79 Å². The lowest BCUT2D eigenvalue weighted by molar-refractivity contribution is -0.128. The van der Waals surface area contributed by atoms with Crippen LogP contribution in [0.2, 0.25) is 0 Å². The molecule has 5 heteroatoms. The smallest absolute Gasteiger partial charge is 0.255 e. The van der Waals surface area contributed by atoms with E-state index in [9.17, 15) is 4.79 Å². The second kappa shape index (κ2) is 7.14. The first-order valence-electron chi connectivity index (χ1n) is 5.17. The summed E-state index contributed by atoms with van der Waals surface area (Å²) in [7, 11) is 1.71. The Hall–Kier alpha value is -0.380. The summed E-state index contributed by atoms with van der Waals surface area (Å²) < 4.78 is 0. The van der Waals surface area contributed by atoms with Gasteiger partial charge in [-0.25, -0.2) is 0 Å². The molecule has 0 saturated carbocycles. The fourth-order valence-electron chi connectivity index (χ4n) is 1.49. The molecular weight excluding hydrogens is 277 g/mol. The van der Waals surface area contributed by atoms with Crippen LogP contribution in [0.3, 0.4) is 0 Å². The fraction of sp³-hybridized carbons (Fsp3) is 0.417. The third-order valence-electron chi connectivity index (χ3n) is 2.46. The van der Waals surface area contributed by atoms with Crippen molar-refractivity contribution in [2.45, 2.75) is 10.1 Å². The highest BCUT2D eigenvalue weighted by atomic mass is 35.5. The van der Waals surface area contributed by atoms with Crippen molar-refractivity contribution < 1.29 is 4.79 Å². The SMILES string of the molecule is CSC(CN(C)C(=O)C(Cl)Cl)c1ccccc1. The monoisotopic (exact) mass is 291 g/mol. The Morgan fingerprint density at radius 2 is 1.94 bits per heavy atom. The maximum Gasteiger partial charge on any atom is 0.255 e. The van der Waals surface area contributed by atoms with Gasteiger partial charge in [-0.1, -0.05) is 53.5 Å². The summed E-state index contributed by atoms with van der Waals surface area (Å²) in [5.41, 5.74) is 1.19. The largest absolute Gasteiger partial charge is 0.342 e. The van der Waals surface area contributed by atoms with E-state index in [0.29, 0.717) is 6.54 Å². The van der Waals surface area contributed by atoms with Gasteiger partial charge in [0.2, 0.25) is 0 Å². The number of thioether (sulfide) groups is 1. The zero-order valence-corrected chi connectivity index (χ0v) is 12.1. The number of hydrogen-bond acceptors (Lipinski definition) is 2. The Balaban J connectivity index is 2.68. The Labute approximate surface area is 116 Å². The number of carbonyl (C=O) groups is 1. The second-order valence-electron chi connectivity index (χ2n) is 3.65. The lowest BCUT2D eigenvalue weighted by Gasteiger charge is -2.23. The molecule has 1 aromatic rings. The molecule has 0 aliphatic rings. The van der Waals surface area contributed by atoms with Crippen molar-refractivity contribution >= 4 is 40.9 Å². The molecule has 1 rings (SSSR count). The fourth-order valence-corrected chi connectivity index (χ4v) is 2.62. The number of rotatable bonds is 5. The zero-order valence-electron chi connectivity index (χ0n) is 9.77. The summed E-state index contributed by atoms with van der Waals surface area (Å²) >= 11 is 12.8. The lowest BCUT2D eigenvalue weighted by atomic mass is 10.1.